The lowest BCUT2D eigenvalue weighted by molar-refractivity contribution is -0.137. The summed E-state index contributed by atoms with van der Waals surface area (Å²) in [4.78, 5) is 10.4. The van der Waals surface area contributed by atoms with Gasteiger partial charge in [-0.15, -0.1) is 0 Å². The maximum absolute atomic E-state index is 11.3. The Hall–Kier alpha value is -1.35. The van der Waals surface area contributed by atoms with E-state index in [1.807, 2.05) is 0 Å². The summed E-state index contributed by atoms with van der Waals surface area (Å²) in [5, 5.41) is 19.9. The van der Waals surface area contributed by atoms with Crippen molar-refractivity contribution in [2.45, 2.75) is 115 Å². The first kappa shape index (κ1) is 25.7. The average Bonchev–Trinajstić information content (AvgIpc) is 2.72. The molecule has 0 spiro atoms. The van der Waals surface area contributed by atoms with Gasteiger partial charge in [0.15, 0.2) is 0 Å². The molecule has 0 aromatic heterocycles. The van der Waals surface area contributed by atoms with Crippen molar-refractivity contribution in [1.82, 2.24) is 0 Å². The van der Waals surface area contributed by atoms with E-state index in [4.69, 9.17) is 5.11 Å². The van der Waals surface area contributed by atoms with E-state index in [0.29, 0.717) is 5.92 Å². The molecule has 3 nitrogen and oxygen atoms in total. The number of rotatable bonds is 16. The van der Waals surface area contributed by atoms with Crippen LogP contribution >= 0.6 is 0 Å². The third kappa shape index (κ3) is 12.7. The number of aliphatic carboxylic acids is 1. The smallest absolute Gasteiger partial charge is 0.303 e. The van der Waals surface area contributed by atoms with Crippen LogP contribution in [-0.4, -0.2) is 21.8 Å². The molecular formula is C26H44O3. The maximum Gasteiger partial charge on any atom is 0.303 e. The van der Waals surface area contributed by atoms with Crippen LogP contribution < -0.4 is 0 Å². The van der Waals surface area contributed by atoms with Gasteiger partial charge in [-0.3, -0.25) is 4.79 Å². The van der Waals surface area contributed by atoms with Crippen molar-refractivity contribution in [3.8, 4) is 0 Å². The Morgan fingerprint density at radius 1 is 0.897 bits per heavy atom. The maximum atomic E-state index is 11.3. The van der Waals surface area contributed by atoms with Crippen LogP contribution in [-0.2, 0) is 4.79 Å². The Labute approximate surface area is 179 Å². The lowest BCUT2D eigenvalue weighted by atomic mass is 9.74. The highest BCUT2D eigenvalue weighted by atomic mass is 16.4. The molecule has 3 heteroatoms. The summed E-state index contributed by atoms with van der Waals surface area (Å²) in [6.45, 7) is 2.22. The quantitative estimate of drug-likeness (QED) is 0.160. The molecule has 0 aromatic carbocycles. The second-order valence-electron chi connectivity index (χ2n) is 8.61. The number of carboxylic acids is 1. The number of aliphatic hydroxyl groups is 1. The minimum atomic E-state index is -0.711. The lowest BCUT2D eigenvalue weighted by Gasteiger charge is -2.36. The largest absolute Gasteiger partial charge is 0.481 e. The molecule has 2 N–H and O–H groups in total. The van der Waals surface area contributed by atoms with Crippen LogP contribution in [0.5, 0.6) is 0 Å². The van der Waals surface area contributed by atoms with Crippen LogP contribution in [0.2, 0.25) is 0 Å². The normalized spacial score (nSPS) is 18.1. The van der Waals surface area contributed by atoms with Crippen LogP contribution in [0.15, 0.2) is 36.5 Å². The van der Waals surface area contributed by atoms with Crippen LogP contribution in [0.25, 0.3) is 0 Å². The Morgan fingerprint density at radius 2 is 1.55 bits per heavy atom. The topological polar surface area (TPSA) is 57.5 Å². The highest BCUT2D eigenvalue weighted by molar-refractivity contribution is 5.66. The third-order valence-corrected chi connectivity index (χ3v) is 6.04. The summed E-state index contributed by atoms with van der Waals surface area (Å²) >= 11 is 0. The molecule has 1 aliphatic carbocycles. The van der Waals surface area contributed by atoms with Crippen LogP contribution in [0.3, 0.4) is 0 Å². The molecule has 1 fully saturated rings. The zero-order valence-electron chi connectivity index (χ0n) is 18.7. The van der Waals surface area contributed by atoms with Gasteiger partial charge in [0.2, 0.25) is 0 Å². The van der Waals surface area contributed by atoms with Crippen LogP contribution in [0, 0.1) is 5.92 Å². The Bertz CT molecular complexity index is 500. The Kier molecular flexibility index (Phi) is 14.6. The summed E-state index contributed by atoms with van der Waals surface area (Å²) in [6.07, 6.45) is 29.6. The monoisotopic (exact) mass is 404 g/mol. The fraction of sp³-hybridized carbons (Fsp3) is 0.731. The molecule has 1 saturated carbocycles. The van der Waals surface area contributed by atoms with Gasteiger partial charge in [0.05, 0.1) is 5.60 Å². The molecule has 0 bridgehead atoms. The van der Waals surface area contributed by atoms with Gasteiger partial charge in [0.1, 0.15) is 0 Å². The van der Waals surface area contributed by atoms with Crippen molar-refractivity contribution < 1.29 is 15.0 Å². The summed E-state index contributed by atoms with van der Waals surface area (Å²) in [6, 6.07) is 0. The number of carbonyl (C=O) groups is 1. The molecule has 0 aliphatic heterocycles. The SMILES string of the molecule is CCCCCC(O)(C=CC=CCCCCC=CCCCC(=O)O)C1CCCCC1. The Morgan fingerprint density at radius 3 is 2.21 bits per heavy atom. The molecule has 166 valence electrons. The standard InChI is InChI=1S/C26H44O3/c1-2-3-17-22-26(29,24-19-14-13-15-20-24)23-18-12-10-8-6-4-5-7-9-11-16-21-25(27)28/h7,9-10,12,18,23-24,29H,2-6,8,11,13-17,19-22H2,1H3,(H,27,28). The number of allylic oxidation sites excluding steroid dienone is 5. The molecule has 0 aromatic rings. The van der Waals surface area contributed by atoms with E-state index in [1.54, 1.807) is 0 Å². The molecule has 0 heterocycles. The molecule has 29 heavy (non-hydrogen) atoms. The first-order valence-electron chi connectivity index (χ1n) is 12.0. The van der Waals surface area contributed by atoms with Gasteiger partial charge >= 0.3 is 5.97 Å². The predicted octanol–water partition coefficient (Wildman–Crippen LogP) is 7.36. The highest BCUT2D eigenvalue weighted by Crippen LogP contribution is 2.37. The molecule has 1 aliphatic rings. The molecule has 1 unspecified atom stereocenters. The van der Waals surface area contributed by atoms with E-state index in [9.17, 15) is 9.90 Å². The minimum absolute atomic E-state index is 0.261. The van der Waals surface area contributed by atoms with Crippen molar-refractivity contribution >= 4 is 5.97 Å². The molecule has 1 atom stereocenters. The van der Waals surface area contributed by atoms with Crippen molar-refractivity contribution in [2.24, 2.45) is 5.92 Å². The van der Waals surface area contributed by atoms with Crippen molar-refractivity contribution in [3.63, 3.8) is 0 Å². The first-order chi connectivity index (χ1) is 14.1. The molecular weight excluding hydrogens is 360 g/mol. The number of unbranched alkanes of at least 4 members (excludes halogenated alkanes) is 6. The average molecular weight is 405 g/mol. The van der Waals surface area contributed by atoms with Gasteiger partial charge in [-0.2, -0.15) is 0 Å². The van der Waals surface area contributed by atoms with Crippen LogP contribution in [0.1, 0.15) is 110 Å². The highest BCUT2D eigenvalue weighted by Gasteiger charge is 2.34. The summed E-state index contributed by atoms with van der Waals surface area (Å²) in [5.41, 5.74) is -0.620. The fourth-order valence-electron chi connectivity index (χ4n) is 4.21. The van der Waals surface area contributed by atoms with Crippen molar-refractivity contribution in [2.75, 3.05) is 0 Å². The molecule has 0 radical (unpaired) electrons. The van der Waals surface area contributed by atoms with Crippen molar-refractivity contribution in [1.29, 1.82) is 0 Å². The zero-order valence-corrected chi connectivity index (χ0v) is 18.7. The van der Waals surface area contributed by atoms with Crippen LogP contribution in [0.4, 0.5) is 0 Å². The fourth-order valence-corrected chi connectivity index (χ4v) is 4.21. The third-order valence-electron chi connectivity index (χ3n) is 6.04. The number of carboxylic acid groups (broad SMARTS) is 1. The van der Waals surface area contributed by atoms with E-state index in [1.165, 1.54) is 44.9 Å². The van der Waals surface area contributed by atoms with Gasteiger partial charge in [-0.25, -0.2) is 0 Å². The second kappa shape index (κ2) is 16.4. The Balaban J connectivity index is 2.25. The first-order valence-corrected chi connectivity index (χ1v) is 12.0. The number of hydrogen-bond donors (Lipinski definition) is 2. The zero-order chi connectivity index (χ0) is 21.2. The van der Waals surface area contributed by atoms with Gasteiger partial charge in [0.25, 0.3) is 0 Å². The van der Waals surface area contributed by atoms with Gasteiger partial charge in [0, 0.05) is 6.42 Å². The van der Waals surface area contributed by atoms with E-state index >= 15 is 0 Å². The van der Waals surface area contributed by atoms with Gasteiger partial charge in [-0.1, -0.05) is 81.9 Å². The van der Waals surface area contributed by atoms with E-state index in [0.717, 1.165) is 51.4 Å². The second-order valence-corrected chi connectivity index (χ2v) is 8.61. The number of hydrogen-bond acceptors (Lipinski definition) is 2. The van der Waals surface area contributed by atoms with E-state index in [2.05, 4.69) is 43.4 Å². The summed E-state index contributed by atoms with van der Waals surface area (Å²) in [5.74, 6) is -0.280. The summed E-state index contributed by atoms with van der Waals surface area (Å²) < 4.78 is 0. The molecule has 1 rings (SSSR count). The van der Waals surface area contributed by atoms with Gasteiger partial charge < -0.3 is 10.2 Å². The van der Waals surface area contributed by atoms with E-state index < -0.39 is 11.6 Å². The van der Waals surface area contributed by atoms with Crippen molar-refractivity contribution in [3.05, 3.63) is 36.5 Å². The molecule has 0 amide bonds. The lowest BCUT2D eigenvalue weighted by Crippen LogP contribution is -2.37. The summed E-state index contributed by atoms with van der Waals surface area (Å²) in [7, 11) is 0. The molecule has 0 saturated heterocycles. The minimum Gasteiger partial charge on any atom is -0.481 e. The predicted molar refractivity (Wildman–Crippen MR) is 123 cm³/mol. The van der Waals surface area contributed by atoms with E-state index in [-0.39, 0.29) is 6.42 Å². The van der Waals surface area contributed by atoms with Gasteiger partial charge in [-0.05, 0) is 63.7 Å².